The van der Waals surface area contributed by atoms with Gasteiger partial charge in [0.1, 0.15) is 6.04 Å². The Kier molecular flexibility index (Phi) is 6.74. The molecule has 0 radical (unpaired) electrons. The zero-order valence-electron chi connectivity index (χ0n) is 21.3. The Hall–Kier alpha value is -4.79. The number of ether oxygens (including phenoxy) is 1. The number of carbonyl (C=O) groups excluding carboxylic acids is 3. The highest BCUT2D eigenvalue weighted by molar-refractivity contribution is 6.02. The Morgan fingerprint density at radius 1 is 0.974 bits per heavy atom. The van der Waals surface area contributed by atoms with E-state index in [1.807, 2.05) is 74.5 Å². The number of carbonyl (C=O) groups is 3. The molecule has 4 aromatic rings. The van der Waals surface area contributed by atoms with Crippen LogP contribution in [0.1, 0.15) is 40.4 Å². The largest absolute Gasteiger partial charge is 0.467 e. The summed E-state index contributed by atoms with van der Waals surface area (Å²) in [5.41, 5.74) is 4.61. The average molecular weight is 510 g/mol. The lowest BCUT2D eigenvalue weighted by Crippen LogP contribution is -2.45. The Balaban J connectivity index is 1.29. The number of nitrogens with one attached hydrogen (secondary N) is 2. The molecule has 9 nitrogen and oxygen atoms in total. The molecule has 0 aliphatic carbocycles. The predicted molar refractivity (Wildman–Crippen MR) is 142 cm³/mol. The van der Waals surface area contributed by atoms with Gasteiger partial charge in [-0.05, 0) is 40.8 Å². The zero-order valence-corrected chi connectivity index (χ0v) is 21.3. The van der Waals surface area contributed by atoms with E-state index in [2.05, 4.69) is 20.5 Å². The summed E-state index contributed by atoms with van der Waals surface area (Å²) in [6.07, 6.45) is 0. The maximum absolute atomic E-state index is 13.2. The van der Waals surface area contributed by atoms with Crippen LogP contribution in [0, 0.1) is 5.92 Å². The van der Waals surface area contributed by atoms with E-state index in [4.69, 9.17) is 4.74 Å². The van der Waals surface area contributed by atoms with Crippen molar-refractivity contribution in [2.75, 3.05) is 12.4 Å². The molecule has 5 rings (SSSR count). The van der Waals surface area contributed by atoms with E-state index in [1.165, 1.54) is 7.11 Å². The van der Waals surface area contributed by atoms with E-state index in [-0.39, 0.29) is 17.6 Å². The van der Waals surface area contributed by atoms with E-state index in [9.17, 15) is 14.4 Å². The molecule has 0 saturated carbocycles. The fraction of sp³-hybridized carbons (Fsp3) is 0.207. The minimum absolute atomic E-state index is 0.0789. The minimum Gasteiger partial charge on any atom is -0.467 e. The van der Waals surface area contributed by atoms with Crippen LogP contribution in [-0.4, -0.2) is 51.0 Å². The number of aromatic nitrogens is 3. The summed E-state index contributed by atoms with van der Waals surface area (Å²) in [6.45, 7) is 4.16. The molecule has 0 fully saturated rings. The molecule has 3 aromatic carbocycles. The van der Waals surface area contributed by atoms with E-state index in [1.54, 1.807) is 17.0 Å². The standard InChI is InChI=1S/C29H27N5O4/c1-17(2)24(29(37)38-3)34-16-21-10-9-20(15-23(21)28(34)36)18-11-13-22(14-12-18)30-27(35)26-31-25(32-33-26)19-7-5-4-6-8-19/h4-15,17,24H,16H2,1-3H3,(H,30,35)(H,31,32,33)/t24-/m0/s1. The van der Waals surface area contributed by atoms with Crippen molar-refractivity contribution in [2.24, 2.45) is 5.92 Å². The van der Waals surface area contributed by atoms with Crippen LogP contribution in [0.4, 0.5) is 5.69 Å². The van der Waals surface area contributed by atoms with Crippen molar-refractivity contribution in [2.45, 2.75) is 26.4 Å². The summed E-state index contributed by atoms with van der Waals surface area (Å²) in [6, 6.07) is 21.8. The van der Waals surface area contributed by atoms with Crippen molar-refractivity contribution in [1.82, 2.24) is 20.1 Å². The highest BCUT2D eigenvalue weighted by Gasteiger charge is 2.38. The van der Waals surface area contributed by atoms with Gasteiger partial charge >= 0.3 is 5.97 Å². The highest BCUT2D eigenvalue weighted by atomic mass is 16.5. The van der Waals surface area contributed by atoms with E-state index >= 15 is 0 Å². The summed E-state index contributed by atoms with van der Waals surface area (Å²) >= 11 is 0. The Labute approximate surface area is 219 Å². The van der Waals surface area contributed by atoms with E-state index in [0.717, 1.165) is 22.3 Å². The van der Waals surface area contributed by atoms with Crippen LogP contribution in [0.25, 0.3) is 22.5 Å². The van der Waals surface area contributed by atoms with Crippen LogP contribution in [0.5, 0.6) is 0 Å². The number of anilines is 1. The molecule has 0 bridgehead atoms. The second kappa shape index (κ2) is 10.3. The number of aromatic amines is 1. The van der Waals surface area contributed by atoms with Gasteiger partial charge in [-0.1, -0.05) is 68.4 Å². The molecule has 192 valence electrons. The van der Waals surface area contributed by atoms with Crippen LogP contribution in [-0.2, 0) is 16.1 Å². The molecule has 1 aliphatic heterocycles. The van der Waals surface area contributed by atoms with Crippen molar-refractivity contribution >= 4 is 23.5 Å². The quantitative estimate of drug-likeness (QED) is 0.353. The second-order valence-electron chi connectivity index (χ2n) is 9.42. The molecule has 0 unspecified atom stereocenters. The molecular weight excluding hydrogens is 482 g/mol. The first-order chi connectivity index (χ1) is 18.4. The van der Waals surface area contributed by atoms with Crippen LogP contribution >= 0.6 is 0 Å². The number of hydrogen-bond donors (Lipinski definition) is 2. The smallest absolute Gasteiger partial charge is 0.328 e. The average Bonchev–Trinajstić information content (AvgIpc) is 3.55. The molecule has 38 heavy (non-hydrogen) atoms. The highest BCUT2D eigenvalue weighted by Crippen LogP contribution is 2.32. The van der Waals surface area contributed by atoms with Crippen molar-refractivity contribution in [3.8, 4) is 22.5 Å². The molecule has 2 amide bonds. The van der Waals surface area contributed by atoms with Crippen LogP contribution in [0.3, 0.4) is 0 Å². The molecule has 9 heteroatoms. The van der Waals surface area contributed by atoms with Gasteiger partial charge in [-0.25, -0.2) is 9.78 Å². The number of methoxy groups -OCH3 is 1. The van der Waals surface area contributed by atoms with Gasteiger partial charge in [0.05, 0.1) is 7.11 Å². The lowest BCUT2D eigenvalue weighted by Gasteiger charge is -2.28. The first kappa shape index (κ1) is 24.9. The summed E-state index contributed by atoms with van der Waals surface area (Å²) in [5, 5.41) is 9.62. The van der Waals surface area contributed by atoms with Crippen LogP contribution in [0.15, 0.2) is 72.8 Å². The number of fused-ring (bicyclic) bond motifs is 1. The topological polar surface area (TPSA) is 117 Å². The van der Waals surface area contributed by atoms with Gasteiger partial charge in [-0.2, -0.15) is 5.10 Å². The Morgan fingerprint density at radius 3 is 2.37 bits per heavy atom. The van der Waals surface area contributed by atoms with Gasteiger partial charge in [0.15, 0.2) is 5.82 Å². The van der Waals surface area contributed by atoms with Gasteiger partial charge in [0, 0.05) is 23.4 Å². The second-order valence-corrected chi connectivity index (χ2v) is 9.42. The normalized spacial score (nSPS) is 13.4. The van der Waals surface area contributed by atoms with Crippen molar-refractivity contribution in [3.63, 3.8) is 0 Å². The third-order valence-electron chi connectivity index (χ3n) is 6.56. The maximum Gasteiger partial charge on any atom is 0.328 e. The van der Waals surface area contributed by atoms with Gasteiger partial charge in [0.2, 0.25) is 5.82 Å². The Morgan fingerprint density at radius 2 is 1.68 bits per heavy atom. The number of nitrogens with zero attached hydrogens (tertiary/aromatic N) is 3. The monoisotopic (exact) mass is 509 g/mol. The first-order valence-electron chi connectivity index (χ1n) is 12.3. The van der Waals surface area contributed by atoms with Crippen LogP contribution in [0.2, 0.25) is 0 Å². The summed E-state index contributed by atoms with van der Waals surface area (Å²) in [7, 11) is 1.34. The molecule has 1 aliphatic rings. The third-order valence-corrected chi connectivity index (χ3v) is 6.56. The van der Waals surface area contributed by atoms with Crippen molar-refractivity contribution < 1.29 is 19.1 Å². The van der Waals surface area contributed by atoms with Crippen molar-refractivity contribution in [3.05, 3.63) is 89.7 Å². The molecule has 1 atom stereocenters. The Bertz CT molecular complexity index is 1500. The lowest BCUT2D eigenvalue weighted by molar-refractivity contribution is -0.147. The zero-order chi connectivity index (χ0) is 26.8. The number of H-pyrrole nitrogens is 1. The predicted octanol–water partition coefficient (Wildman–Crippen LogP) is 4.54. The third kappa shape index (κ3) is 4.78. The SMILES string of the molecule is COC(=O)[C@H](C(C)C)N1Cc2ccc(-c3ccc(NC(=O)c4nc(-c5ccccc5)n[nH]4)cc3)cc2C1=O. The summed E-state index contributed by atoms with van der Waals surface area (Å²) in [5.74, 6) is -0.522. The summed E-state index contributed by atoms with van der Waals surface area (Å²) < 4.78 is 4.94. The first-order valence-corrected chi connectivity index (χ1v) is 12.3. The van der Waals surface area contributed by atoms with E-state index < -0.39 is 17.9 Å². The number of amides is 2. The summed E-state index contributed by atoms with van der Waals surface area (Å²) in [4.78, 5) is 44.1. The van der Waals surface area contributed by atoms with Gasteiger partial charge in [0.25, 0.3) is 11.8 Å². The van der Waals surface area contributed by atoms with Gasteiger partial charge in [-0.15, -0.1) is 0 Å². The number of hydrogen-bond acceptors (Lipinski definition) is 6. The van der Waals surface area contributed by atoms with Gasteiger partial charge in [-0.3, -0.25) is 14.7 Å². The fourth-order valence-electron chi connectivity index (χ4n) is 4.62. The van der Waals surface area contributed by atoms with E-state index in [0.29, 0.717) is 23.6 Å². The molecule has 1 aromatic heterocycles. The lowest BCUT2D eigenvalue weighted by atomic mass is 10.00. The molecule has 0 spiro atoms. The fourth-order valence-corrected chi connectivity index (χ4v) is 4.62. The number of benzene rings is 3. The molecule has 2 N–H and O–H groups in total. The van der Waals surface area contributed by atoms with Gasteiger partial charge < -0.3 is 15.0 Å². The molecule has 2 heterocycles. The molecular formula is C29H27N5O4. The number of esters is 1. The van der Waals surface area contributed by atoms with Crippen LogP contribution < -0.4 is 5.32 Å². The molecule has 0 saturated heterocycles. The van der Waals surface area contributed by atoms with Crippen molar-refractivity contribution in [1.29, 1.82) is 0 Å². The minimum atomic E-state index is -0.639. The maximum atomic E-state index is 13.2. The number of rotatable bonds is 7.